The van der Waals surface area contributed by atoms with E-state index in [4.69, 9.17) is 4.74 Å². The number of morpholine rings is 1. The van der Waals surface area contributed by atoms with Gasteiger partial charge in [0.2, 0.25) is 5.95 Å². The van der Waals surface area contributed by atoms with Gasteiger partial charge >= 0.3 is 0 Å². The van der Waals surface area contributed by atoms with E-state index in [2.05, 4.69) is 25.9 Å². The van der Waals surface area contributed by atoms with Gasteiger partial charge in [-0.3, -0.25) is 4.98 Å². The van der Waals surface area contributed by atoms with Crippen molar-refractivity contribution >= 4 is 5.95 Å². The molecule has 110 valence electrons. The van der Waals surface area contributed by atoms with E-state index in [1.807, 2.05) is 39.1 Å². The molecule has 1 atom stereocenters. The maximum Gasteiger partial charge on any atom is 0.225 e. The van der Waals surface area contributed by atoms with Crippen LogP contribution in [-0.4, -0.2) is 34.6 Å². The van der Waals surface area contributed by atoms with Gasteiger partial charge in [0.15, 0.2) is 0 Å². The lowest BCUT2D eigenvalue weighted by atomic mass is 10.1. The average molecular weight is 284 g/mol. The number of nitrogens with zero attached hydrogens (tertiary/aromatic N) is 4. The molecule has 3 rings (SSSR count). The van der Waals surface area contributed by atoms with E-state index in [1.165, 1.54) is 0 Å². The molecule has 0 aliphatic carbocycles. The summed E-state index contributed by atoms with van der Waals surface area (Å²) in [6.07, 6.45) is 1.86. The van der Waals surface area contributed by atoms with Crippen molar-refractivity contribution in [1.82, 2.24) is 15.0 Å². The van der Waals surface area contributed by atoms with E-state index in [0.717, 1.165) is 41.7 Å². The minimum atomic E-state index is -0.0243. The van der Waals surface area contributed by atoms with Gasteiger partial charge in [-0.1, -0.05) is 6.07 Å². The maximum absolute atomic E-state index is 5.86. The lowest BCUT2D eigenvalue weighted by molar-refractivity contribution is 0.0364. The molecule has 3 heterocycles. The molecular formula is C16H20N4O. The molecule has 0 aromatic carbocycles. The Balaban J connectivity index is 1.80. The lowest BCUT2D eigenvalue weighted by Gasteiger charge is -2.32. The highest BCUT2D eigenvalue weighted by Gasteiger charge is 2.24. The average Bonchev–Trinajstić information content (AvgIpc) is 2.47. The number of hydrogen-bond donors (Lipinski definition) is 0. The van der Waals surface area contributed by atoms with Crippen molar-refractivity contribution in [3.63, 3.8) is 0 Å². The largest absolute Gasteiger partial charge is 0.368 e. The van der Waals surface area contributed by atoms with Crippen molar-refractivity contribution in [2.45, 2.75) is 26.9 Å². The molecule has 5 nitrogen and oxygen atoms in total. The summed E-state index contributed by atoms with van der Waals surface area (Å²) in [7, 11) is 0. The Hall–Kier alpha value is -2.01. The first-order valence-corrected chi connectivity index (χ1v) is 7.23. The molecule has 2 aromatic heterocycles. The summed E-state index contributed by atoms with van der Waals surface area (Å²) in [4.78, 5) is 15.7. The minimum absolute atomic E-state index is 0.0243. The molecule has 0 spiro atoms. The number of aromatic nitrogens is 3. The molecule has 5 heteroatoms. The van der Waals surface area contributed by atoms with Gasteiger partial charge in [-0.05, 0) is 38.5 Å². The smallest absolute Gasteiger partial charge is 0.225 e. The van der Waals surface area contributed by atoms with Crippen LogP contribution < -0.4 is 4.90 Å². The van der Waals surface area contributed by atoms with E-state index in [9.17, 15) is 0 Å². The Morgan fingerprint density at radius 3 is 2.57 bits per heavy atom. The summed E-state index contributed by atoms with van der Waals surface area (Å²) in [5, 5.41) is 0. The van der Waals surface area contributed by atoms with Crippen LogP contribution in [0.15, 0.2) is 24.4 Å². The van der Waals surface area contributed by atoms with Crippen molar-refractivity contribution in [3.05, 3.63) is 47.0 Å². The molecule has 2 aromatic rings. The molecule has 0 unspecified atom stereocenters. The number of aryl methyl sites for hydroxylation is 3. The number of ether oxygens (including phenoxy) is 1. The first-order valence-electron chi connectivity index (χ1n) is 7.23. The monoisotopic (exact) mass is 284 g/mol. The van der Waals surface area contributed by atoms with Gasteiger partial charge in [0.1, 0.15) is 6.10 Å². The number of rotatable bonds is 2. The topological polar surface area (TPSA) is 51.1 Å². The molecule has 0 bridgehead atoms. The minimum Gasteiger partial charge on any atom is -0.368 e. The zero-order valence-electron chi connectivity index (χ0n) is 12.7. The van der Waals surface area contributed by atoms with Gasteiger partial charge in [-0.25, -0.2) is 9.97 Å². The summed E-state index contributed by atoms with van der Waals surface area (Å²) < 4.78 is 5.86. The Bertz CT molecular complexity index is 606. The van der Waals surface area contributed by atoms with Crippen molar-refractivity contribution in [3.8, 4) is 0 Å². The molecule has 1 fully saturated rings. The van der Waals surface area contributed by atoms with Crippen LogP contribution in [0, 0.1) is 20.8 Å². The highest BCUT2D eigenvalue weighted by atomic mass is 16.5. The molecule has 0 amide bonds. The van der Waals surface area contributed by atoms with E-state index < -0.39 is 0 Å². The van der Waals surface area contributed by atoms with Crippen molar-refractivity contribution < 1.29 is 4.74 Å². The third-order valence-electron chi connectivity index (χ3n) is 3.58. The van der Waals surface area contributed by atoms with E-state index in [0.29, 0.717) is 6.61 Å². The Morgan fingerprint density at radius 1 is 1.14 bits per heavy atom. The first-order chi connectivity index (χ1) is 10.1. The van der Waals surface area contributed by atoms with Crippen LogP contribution in [-0.2, 0) is 4.74 Å². The SMILES string of the molecule is Cc1ccc([C@H]2CN(c3nc(C)cc(C)n3)CCO2)nc1. The fourth-order valence-corrected chi connectivity index (χ4v) is 2.53. The molecular weight excluding hydrogens is 264 g/mol. The predicted octanol–water partition coefficient (Wildman–Crippen LogP) is 2.37. The van der Waals surface area contributed by atoms with Gasteiger partial charge in [0.25, 0.3) is 0 Å². The Kier molecular flexibility index (Phi) is 3.84. The van der Waals surface area contributed by atoms with Crippen LogP contribution in [0.1, 0.15) is 28.7 Å². The van der Waals surface area contributed by atoms with Crippen molar-refractivity contribution in [2.75, 3.05) is 24.6 Å². The highest BCUT2D eigenvalue weighted by Crippen LogP contribution is 2.23. The summed E-state index contributed by atoms with van der Waals surface area (Å²) >= 11 is 0. The number of pyridine rings is 1. The fourth-order valence-electron chi connectivity index (χ4n) is 2.53. The fraction of sp³-hybridized carbons (Fsp3) is 0.438. The molecule has 1 aliphatic rings. The van der Waals surface area contributed by atoms with Crippen LogP contribution in [0.2, 0.25) is 0 Å². The molecule has 21 heavy (non-hydrogen) atoms. The molecule has 1 aliphatic heterocycles. The van der Waals surface area contributed by atoms with Crippen LogP contribution in [0.25, 0.3) is 0 Å². The summed E-state index contributed by atoms with van der Waals surface area (Å²) in [5.41, 5.74) is 4.11. The highest BCUT2D eigenvalue weighted by molar-refractivity contribution is 5.33. The van der Waals surface area contributed by atoms with Gasteiger partial charge in [-0.2, -0.15) is 0 Å². The maximum atomic E-state index is 5.86. The van der Waals surface area contributed by atoms with Gasteiger partial charge < -0.3 is 9.64 Å². The van der Waals surface area contributed by atoms with Crippen LogP contribution >= 0.6 is 0 Å². The molecule has 0 N–H and O–H groups in total. The van der Waals surface area contributed by atoms with Crippen LogP contribution in [0.3, 0.4) is 0 Å². The first kappa shape index (κ1) is 13.9. The van der Waals surface area contributed by atoms with Crippen molar-refractivity contribution in [1.29, 1.82) is 0 Å². The molecule has 1 saturated heterocycles. The van der Waals surface area contributed by atoms with E-state index >= 15 is 0 Å². The second kappa shape index (κ2) is 5.77. The second-order valence-electron chi connectivity index (χ2n) is 5.52. The van der Waals surface area contributed by atoms with E-state index in [1.54, 1.807) is 0 Å². The van der Waals surface area contributed by atoms with Crippen LogP contribution in [0.5, 0.6) is 0 Å². The second-order valence-corrected chi connectivity index (χ2v) is 5.52. The third kappa shape index (κ3) is 3.19. The van der Waals surface area contributed by atoms with Crippen LogP contribution in [0.4, 0.5) is 5.95 Å². The quantitative estimate of drug-likeness (QED) is 0.847. The third-order valence-corrected chi connectivity index (χ3v) is 3.58. The Labute approximate surface area is 125 Å². The zero-order valence-corrected chi connectivity index (χ0v) is 12.7. The van der Waals surface area contributed by atoms with Gasteiger partial charge in [0.05, 0.1) is 18.8 Å². The predicted molar refractivity (Wildman–Crippen MR) is 81.4 cm³/mol. The van der Waals surface area contributed by atoms with Gasteiger partial charge in [0, 0.05) is 24.1 Å². The molecule has 0 saturated carbocycles. The lowest BCUT2D eigenvalue weighted by Crippen LogP contribution is -2.39. The molecule has 0 radical (unpaired) electrons. The normalized spacial score (nSPS) is 18.8. The summed E-state index contributed by atoms with van der Waals surface area (Å²) in [6, 6.07) is 6.09. The zero-order chi connectivity index (χ0) is 14.8. The van der Waals surface area contributed by atoms with Crippen molar-refractivity contribution in [2.24, 2.45) is 0 Å². The standard InChI is InChI=1S/C16H20N4O/c1-11-4-5-14(17-9-11)15-10-20(6-7-21-15)16-18-12(2)8-13(3)19-16/h4-5,8-9,15H,6-7,10H2,1-3H3/t15-/m1/s1. The Morgan fingerprint density at radius 2 is 1.90 bits per heavy atom. The summed E-state index contributed by atoms with van der Waals surface area (Å²) in [6.45, 7) is 8.24. The summed E-state index contributed by atoms with van der Waals surface area (Å²) in [5.74, 6) is 0.785. The number of hydrogen-bond acceptors (Lipinski definition) is 5. The number of anilines is 1. The van der Waals surface area contributed by atoms with E-state index in [-0.39, 0.29) is 6.10 Å². The van der Waals surface area contributed by atoms with Gasteiger partial charge in [-0.15, -0.1) is 0 Å².